The van der Waals surface area contributed by atoms with Crippen LogP contribution in [0.3, 0.4) is 0 Å². The van der Waals surface area contributed by atoms with E-state index in [1.54, 1.807) is 0 Å². The van der Waals surface area contributed by atoms with Gasteiger partial charge in [-0.15, -0.1) is 12.4 Å². The van der Waals surface area contributed by atoms with Crippen LogP contribution >= 0.6 is 24.0 Å². The van der Waals surface area contributed by atoms with E-state index in [9.17, 15) is 4.79 Å². The first-order chi connectivity index (χ1) is 9.56. The van der Waals surface area contributed by atoms with Gasteiger partial charge >= 0.3 is 0 Å². The van der Waals surface area contributed by atoms with E-state index in [1.165, 1.54) is 0 Å². The highest BCUT2D eigenvalue weighted by Crippen LogP contribution is 2.22. The van der Waals surface area contributed by atoms with Crippen LogP contribution in [-0.2, 0) is 11.2 Å². The van der Waals surface area contributed by atoms with Gasteiger partial charge < -0.3 is 16.0 Å². The highest BCUT2D eigenvalue weighted by molar-refractivity contribution is 6.31. The van der Waals surface area contributed by atoms with E-state index in [-0.39, 0.29) is 24.4 Å². The van der Waals surface area contributed by atoms with Crippen LogP contribution in [0.4, 0.5) is 0 Å². The number of benzene rings is 1. The molecule has 6 heteroatoms. The molecule has 0 saturated carbocycles. The van der Waals surface area contributed by atoms with Gasteiger partial charge in [0.2, 0.25) is 5.91 Å². The molecule has 0 spiro atoms. The fraction of sp³-hybridized carbons (Fsp3) is 0.400. The van der Waals surface area contributed by atoms with Crippen LogP contribution in [0.25, 0.3) is 10.9 Å². The van der Waals surface area contributed by atoms with Gasteiger partial charge in [-0.25, -0.2) is 0 Å². The summed E-state index contributed by atoms with van der Waals surface area (Å²) >= 11 is 6.01. The van der Waals surface area contributed by atoms with E-state index in [2.05, 4.69) is 10.3 Å². The molecule has 2 aromatic rings. The molecule has 21 heavy (non-hydrogen) atoms. The average Bonchev–Trinajstić information content (AvgIpc) is 2.79. The van der Waals surface area contributed by atoms with Gasteiger partial charge in [0.1, 0.15) is 0 Å². The number of aromatic amines is 1. The molecule has 0 fully saturated rings. The summed E-state index contributed by atoms with van der Waals surface area (Å²) in [5.74, 6) is 0.0557. The van der Waals surface area contributed by atoms with Crippen molar-refractivity contribution in [1.82, 2.24) is 10.3 Å². The first-order valence-electron chi connectivity index (χ1n) is 6.84. The van der Waals surface area contributed by atoms with E-state index in [1.807, 2.05) is 31.3 Å². The molecule has 0 radical (unpaired) electrons. The van der Waals surface area contributed by atoms with Gasteiger partial charge in [-0.2, -0.15) is 0 Å². The van der Waals surface area contributed by atoms with Crippen molar-refractivity contribution in [2.24, 2.45) is 5.73 Å². The molecule has 0 bridgehead atoms. The summed E-state index contributed by atoms with van der Waals surface area (Å²) in [6.45, 7) is 2.53. The first-order valence-corrected chi connectivity index (χ1v) is 7.22. The summed E-state index contributed by atoms with van der Waals surface area (Å²) in [6, 6.07) is 5.83. The first kappa shape index (κ1) is 17.8. The summed E-state index contributed by atoms with van der Waals surface area (Å²) in [5, 5.41) is 4.75. The number of halogens is 2. The Kier molecular flexibility index (Phi) is 7.02. The third-order valence-corrected chi connectivity index (χ3v) is 3.51. The minimum atomic E-state index is 0. The lowest BCUT2D eigenvalue weighted by Gasteiger charge is -2.06. The van der Waals surface area contributed by atoms with Crippen LogP contribution in [0.15, 0.2) is 24.4 Å². The van der Waals surface area contributed by atoms with Crippen molar-refractivity contribution in [3.05, 3.63) is 35.0 Å². The average molecular weight is 330 g/mol. The lowest BCUT2D eigenvalue weighted by atomic mass is 10.1. The van der Waals surface area contributed by atoms with Gasteiger partial charge in [0.25, 0.3) is 0 Å². The normalized spacial score (nSPS) is 12.0. The Balaban J connectivity index is 0.00000220. The molecule has 1 heterocycles. The standard InChI is InChI=1S/C15H20ClN3O.ClH/c1-10(17)2-5-15(20)18-7-6-11-9-19-14-4-3-12(16)8-13(11)14;/h3-4,8-10,19H,2,5-7,17H2,1H3,(H,18,20);1H. The van der Waals surface area contributed by atoms with Crippen LogP contribution in [0.2, 0.25) is 5.02 Å². The van der Waals surface area contributed by atoms with Crippen molar-refractivity contribution in [3.63, 3.8) is 0 Å². The summed E-state index contributed by atoms with van der Waals surface area (Å²) in [6.07, 6.45) is 3.95. The Morgan fingerprint density at radius 1 is 1.48 bits per heavy atom. The Bertz CT molecular complexity index is 596. The van der Waals surface area contributed by atoms with Crippen LogP contribution in [0.1, 0.15) is 25.3 Å². The molecule has 1 amide bonds. The second-order valence-corrected chi connectivity index (χ2v) is 5.56. The number of rotatable bonds is 6. The minimum absolute atomic E-state index is 0. The second-order valence-electron chi connectivity index (χ2n) is 5.12. The quantitative estimate of drug-likeness (QED) is 0.762. The number of hydrogen-bond acceptors (Lipinski definition) is 2. The molecule has 0 aliphatic rings. The van der Waals surface area contributed by atoms with Crippen molar-refractivity contribution in [2.75, 3.05) is 6.54 Å². The highest BCUT2D eigenvalue weighted by atomic mass is 35.5. The summed E-state index contributed by atoms with van der Waals surface area (Å²) in [5.41, 5.74) is 7.85. The molecule has 0 saturated heterocycles. The van der Waals surface area contributed by atoms with Gasteiger partial charge in [0, 0.05) is 41.1 Å². The molecular formula is C15H21Cl2N3O. The summed E-state index contributed by atoms with van der Waals surface area (Å²) < 4.78 is 0. The number of carbonyl (C=O) groups is 1. The maximum Gasteiger partial charge on any atom is 0.220 e. The Hall–Kier alpha value is -1.23. The molecule has 116 valence electrons. The Labute approximate surface area is 135 Å². The van der Waals surface area contributed by atoms with Gasteiger partial charge in [-0.1, -0.05) is 11.6 Å². The number of amides is 1. The van der Waals surface area contributed by atoms with Crippen molar-refractivity contribution in [2.45, 2.75) is 32.2 Å². The fourth-order valence-corrected chi connectivity index (χ4v) is 2.31. The van der Waals surface area contributed by atoms with Crippen molar-refractivity contribution in [1.29, 1.82) is 0 Å². The lowest BCUT2D eigenvalue weighted by Crippen LogP contribution is -2.27. The van der Waals surface area contributed by atoms with E-state index in [0.29, 0.717) is 19.4 Å². The van der Waals surface area contributed by atoms with E-state index >= 15 is 0 Å². The van der Waals surface area contributed by atoms with Crippen LogP contribution in [-0.4, -0.2) is 23.5 Å². The highest BCUT2D eigenvalue weighted by Gasteiger charge is 2.06. The van der Waals surface area contributed by atoms with Crippen molar-refractivity contribution < 1.29 is 4.79 Å². The zero-order chi connectivity index (χ0) is 14.5. The molecule has 4 nitrogen and oxygen atoms in total. The van der Waals surface area contributed by atoms with Gasteiger partial charge in [0.15, 0.2) is 0 Å². The number of carbonyl (C=O) groups excluding carboxylic acids is 1. The maximum atomic E-state index is 11.6. The minimum Gasteiger partial charge on any atom is -0.361 e. The van der Waals surface area contributed by atoms with Crippen LogP contribution in [0.5, 0.6) is 0 Å². The summed E-state index contributed by atoms with van der Waals surface area (Å²) in [4.78, 5) is 14.8. The molecular weight excluding hydrogens is 309 g/mol. The number of H-pyrrole nitrogens is 1. The second kappa shape index (κ2) is 8.27. The molecule has 0 aliphatic heterocycles. The van der Waals surface area contributed by atoms with Gasteiger partial charge in [-0.3, -0.25) is 4.79 Å². The summed E-state index contributed by atoms with van der Waals surface area (Å²) in [7, 11) is 0. The van der Waals surface area contributed by atoms with E-state index in [0.717, 1.165) is 27.9 Å². The molecule has 1 atom stereocenters. The predicted octanol–water partition coefficient (Wildman–Crippen LogP) is 3.03. The molecule has 2 rings (SSSR count). The predicted molar refractivity (Wildman–Crippen MR) is 90.2 cm³/mol. The Morgan fingerprint density at radius 3 is 2.95 bits per heavy atom. The maximum absolute atomic E-state index is 11.6. The van der Waals surface area contributed by atoms with Crippen molar-refractivity contribution in [3.8, 4) is 0 Å². The monoisotopic (exact) mass is 329 g/mol. The van der Waals surface area contributed by atoms with E-state index < -0.39 is 0 Å². The largest absolute Gasteiger partial charge is 0.361 e. The van der Waals surface area contributed by atoms with Crippen LogP contribution < -0.4 is 11.1 Å². The number of nitrogens with one attached hydrogen (secondary N) is 2. The zero-order valence-electron chi connectivity index (χ0n) is 12.0. The third kappa shape index (κ3) is 5.23. The number of aromatic nitrogens is 1. The SMILES string of the molecule is CC(N)CCC(=O)NCCc1c[nH]c2ccc(Cl)cc12.Cl. The number of fused-ring (bicyclic) bond motifs is 1. The molecule has 0 aliphatic carbocycles. The van der Waals surface area contributed by atoms with E-state index in [4.69, 9.17) is 17.3 Å². The topological polar surface area (TPSA) is 70.9 Å². The number of nitrogens with two attached hydrogens (primary N) is 1. The smallest absolute Gasteiger partial charge is 0.220 e. The third-order valence-electron chi connectivity index (χ3n) is 3.27. The van der Waals surface area contributed by atoms with Crippen molar-refractivity contribution >= 4 is 40.8 Å². The number of hydrogen-bond donors (Lipinski definition) is 3. The lowest BCUT2D eigenvalue weighted by molar-refractivity contribution is -0.121. The van der Waals surface area contributed by atoms with Crippen LogP contribution in [0, 0.1) is 0 Å². The molecule has 1 unspecified atom stereocenters. The Morgan fingerprint density at radius 2 is 2.24 bits per heavy atom. The fourth-order valence-electron chi connectivity index (χ4n) is 2.14. The van der Waals surface area contributed by atoms with Gasteiger partial charge in [-0.05, 0) is 43.5 Å². The molecule has 1 aromatic heterocycles. The molecule has 4 N–H and O–H groups in total. The zero-order valence-corrected chi connectivity index (χ0v) is 13.6. The van der Waals surface area contributed by atoms with Gasteiger partial charge in [0.05, 0.1) is 0 Å². The molecule has 1 aromatic carbocycles.